The van der Waals surface area contributed by atoms with E-state index in [4.69, 9.17) is 10.5 Å². The van der Waals surface area contributed by atoms with Gasteiger partial charge >= 0.3 is 0 Å². The van der Waals surface area contributed by atoms with Crippen molar-refractivity contribution in [2.75, 3.05) is 24.3 Å². The number of nitrogens with zero attached hydrogens (tertiary/aromatic N) is 1. The summed E-state index contributed by atoms with van der Waals surface area (Å²) < 4.78 is 5.60. The molecule has 1 aliphatic rings. The first kappa shape index (κ1) is 15.0. The Morgan fingerprint density at radius 3 is 2.55 bits per heavy atom. The Balaban J connectivity index is 2.09. The van der Waals surface area contributed by atoms with E-state index in [1.165, 1.54) is 31.4 Å². The maximum absolute atomic E-state index is 5.95. The van der Waals surface area contributed by atoms with Crippen LogP contribution in [0.1, 0.15) is 46.5 Å². The van der Waals surface area contributed by atoms with Gasteiger partial charge in [0, 0.05) is 24.8 Å². The molecule has 0 radical (unpaired) electrons. The molecule has 0 heterocycles. The van der Waals surface area contributed by atoms with Crippen molar-refractivity contribution in [1.29, 1.82) is 0 Å². The summed E-state index contributed by atoms with van der Waals surface area (Å²) in [4.78, 5) is 2.39. The first-order chi connectivity index (χ1) is 9.43. The van der Waals surface area contributed by atoms with Gasteiger partial charge in [-0.3, -0.25) is 0 Å². The predicted molar refractivity (Wildman–Crippen MR) is 86.5 cm³/mol. The Morgan fingerprint density at radius 1 is 1.30 bits per heavy atom. The van der Waals surface area contributed by atoms with Gasteiger partial charge in [0.1, 0.15) is 5.75 Å². The van der Waals surface area contributed by atoms with E-state index in [0.717, 1.165) is 5.75 Å². The minimum Gasteiger partial charge on any atom is -0.492 e. The lowest BCUT2D eigenvalue weighted by Crippen LogP contribution is -2.37. The molecule has 2 rings (SSSR count). The zero-order valence-electron chi connectivity index (χ0n) is 13.3. The van der Waals surface area contributed by atoms with Crippen molar-refractivity contribution < 1.29 is 4.74 Å². The van der Waals surface area contributed by atoms with Gasteiger partial charge < -0.3 is 15.4 Å². The zero-order valence-corrected chi connectivity index (χ0v) is 13.3. The van der Waals surface area contributed by atoms with Crippen molar-refractivity contribution in [1.82, 2.24) is 0 Å². The molecule has 0 aliphatic heterocycles. The van der Waals surface area contributed by atoms with Crippen LogP contribution >= 0.6 is 0 Å². The number of benzene rings is 1. The van der Waals surface area contributed by atoms with E-state index in [9.17, 15) is 0 Å². The van der Waals surface area contributed by atoms with Crippen molar-refractivity contribution in [3.63, 3.8) is 0 Å². The second-order valence-electron chi connectivity index (χ2n) is 6.66. The highest BCUT2D eigenvalue weighted by Gasteiger charge is 2.29. The minimum absolute atomic E-state index is 0.509. The number of hydrogen-bond donors (Lipinski definition) is 1. The van der Waals surface area contributed by atoms with Gasteiger partial charge in [-0.1, -0.05) is 13.8 Å². The van der Waals surface area contributed by atoms with Crippen molar-refractivity contribution in [3.8, 4) is 5.75 Å². The normalized spacial score (nSPS) is 18.8. The van der Waals surface area contributed by atoms with E-state index < -0.39 is 0 Å². The van der Waals surface area contributed by atoms with Crippen LogP contribution in [0.3, 0.4) is 0 Å². The largest absolute Gasteiger partial charge is 0.492 e. The van der Waals surface area contributed by atoms with Crippen molar-refractivity contribution in [2.24, 2.45) is 5.41 Å². The molecule has 3 heteroatoms. The van der Waals surface area contributed by atoms with E-state index in [1.807, 2.05) is 13.0 Å². The Kier molecular flexibility index (Phi) is 4.46. The highest BCUT2D eigenvalue weighted by atomic mass is 16.5. The second-order valence-corrected chi connectivity index (χ2v) is 6.66. The maximum Gasteiger partial charge on any atom is 0.144 e. The van der Waals surface area contributed by atoms with Crippen LogP contribution in [0.25, 0.3) is 0 Å². The molecule has 1 aliphatic carbocycles. The summed E-state index contributed by atoms with van der Waals surface area (Å²) >= 11 is 0. The molecule has 1 fully saturated rings. The number of anilines is 2. The molecule has 0 unspecified atom stereocenters. The van der Waals surface area contributed by atoms with Gasteiger partial charge in [-0.05, 0) is 50.2 Å². The van der Waals surface area contributed by atoms with Crippen LogP contribution < -0.4 is 15.4 Å². The number of nitrogen functional groups attached to an aromatic ring is 1. The third kappa shape index (κ3) is 3.38. The van der Waals surface area contributed by atoms with Crippen LogP contribution in [0, 0.1) is 5.41 Å². The second kappa shape index (κ2) is 5.94. The average Bonchev–Trinajstić information content (AvgIpc) is 2.41. The average molecular weight is 276 g/mol. The molecular weight excluding hydrogens is 248 g/mol. The molecule has 0 saturated heterocycles. The smallest absolute Gasteiger partial charge is 0.144 e. The van der Waals surface area contributed by atoms with Crippen LogP contribution in [-0.4, -0.2) is 19.7 Å². The summed E-state index contributed by atoms with van der Waals surface area (Å²) in [6.45, 7) is 7.38. The fourth-order valence-electron chi connectivity index (χ4n) is 3.01. The lowest BCUT2D eigenvalue weighted by molar-refractivity contribution is 0.222. The fourth-order valence-corrected chi connectivity index (χ4v) is 3.01. The highest BCUT2D eigenvalue weighted by molar-refractivity contribution is 5.62. The van der Waals surface area contributed by atoms with Crippen LogP contribution in [0.4, 0.5) is 11.4 Å². The lowest BCUT2D eigenvalue weighted by Gasteiger charge is -2.39. The summed E-state index contributed by atoms with van der Waals surface area (Å²) in [5.74, 6) is 0.799. The van der Waals surface area contributed by atoms with E-state index in [0.29, 0.717) is 23.8 Å². The third-order valence-corrected chi connectivity index (χ3v) is 4.56. The van der Waals surface area contributed by atoms with E-state index in [2.05, 4.69) is 37.9 Å². The molecule has 0 spiro atoms. The maximum atomic E-state index is 5.95. The van der Waals surface area contributed by atoms with Gasteiger partial charge in [-0.2, -0.15) is 0 Å². The molecule has 1 aromatic rings. The van der Waals surface area contributed by atoms with Crippen LogP contribution in [0.5, 0.6) is 5.75 Å². The fraction of sp³-hybridized carbons (Fsp3) is 0.647. The number of ether oxygens (including phenoxy) is 1. The molecule has 3 nitrogen and oxygen atoms in total. The van der Waals surface area contributed by atoms with Gasteiger partial charge in [-0.15, -0.1) is 0 Å². The number of hydrogen-bond acceptors (Lipinski definition) is 3. The van der Waals surface area contributed by atoms with Crippen molar-refractivity contribution in [2.45, 2.75) is 52.5 Å². The van der Waals surface area contributed by atoms with Crippen molar-refractivity contribution in [3.05, 3.63) is 18.2 Å². The van der Waals surface area contributed by atoms with Gasteiger partial charge in [0.05, 0.1) is 12.3 Å². The molecule has 0 bridgehead atoms. The highest BCUT2D eigenvalue weighted by Crippen LogP contribution is 2.38. The molecule has 1 saturated carbocycles. The Bertz CT molecular complexity index is 446. The summed E-state index contributed by atoms with van der Waals surface area (Å²) in [5, 5.41) is 0. The lowest BCUT2D eigenvalue weighted by atomic mass is 9.75. The molecule has 0 aromatic heterocycles. The topological polar surface area (TPSA) is 38.5 Å². The molecule has 2 N–H and O–H groups in total. The summed E-state index contributed by atoms with van der Waals surface area (Å²) in [7, 11) is 2.18. The molecule has 0 amide bonds. The summed E-state index contributed by atoms with van der Waals surface area (Å²) in [6.07, 6.45) is 5.13. The quantitative estimate of drug-likeness (QED) is 0.842. The standard InChI is InChI=1S/C17H28N2O/c1-5-20-16-12-14(6-7-15(16)18)19(4)13-8-10-17(2,3)11-9-13/h6-7,12-13H,5,8-11,18H2,1-4H3. The SMILES string of the molecule is CCOc1cc(N(C)C2CCC(C)(C)CC2)ccc1N. The van der Waals surface area contributed by atoms with E-state index in [1.54, 1.807) is 0 Å². The minimum atomic E-state index is 0.509. The molecule has 1 aromatic carbocycles. The van der Waals surface area contributed by atoms with Crippen LogP contribution in [-0.2, 0) is 0 Å². The monoisotopic (exact) mass is 276 g/mol. The number of nitrogens with two attached hydrogens (primary N) is 1. The Morgan fingerprint density at radius 2 is 1.95 bits per heavy atom. The van der Waals surface area contributed by atoms with Crippen LogP contribution in [0.2, 0.25) is 0 Å². The molecule has 20 heavy (non-hydrogen) atoms. The predicted octanol–water partition coefficient (Wildman–Crippen LogP) is 4.07. The Hall–Kier alpha value is -1.38. The zero-order chi connectivity index (χ0) is 14.8. The van der Waals surface area contributed by atoms with E-state index in [-0.39, 0.29) is 0 Å². The molecular formula is C17H28N2O. The summed E-state index contributed by atoms with van der Waals surface area (Å²) in [6, 6.07) is 6.74. The number of rotatable bonds is 4. The van der Waals surface area contributed by atoms with Crippen LogP contribution in [0.15, 0.2) is 18.2 Å². The summed E-state index contributed by atoms with van der Waals surface area (Å²) in [5.41, 5.74) is 8.37. The Labute approximate surface area is 123 Å². The van der Waals surface area contributed by atoms with Gasteiger partial charge in [0.15, 0.2) is 0 Å². The van der Waals surface area contributed by atoms with Crippen molar-refractivity contribution >= 4 is 11.4 Å². The van der Waals surface area contributed by atoms with Gasteiger partial charge in [0.25, 0.3) is 0 Å². The molecule has 0 atom stereocenters. The first-order valence-corrected chi connectivity index (χ1v) is 7.68. The third-order valence-electron chi connectivity index (χ3n) is 4.56. The van der Waals surface area contributed by atoms with Gasteiger partial charge in [-0.25, -0.2) is 0 Å². The molecule has 112 valence electrons. The first-order valence-electron chi connectivity index (χ1n) is 7.68. The van der Waals surface area contributed by atoms with Gasteiger partial charge in [0.2, 0.25) is 0 Å². The van der Waals surface area contributed by atoms with E-state index >= 15 is 0 Å².